The third kappa shape index (κ3) is 4.04. The summed E-state index contributed by atoms with van der Waals surface area (Å²) in [6.45, 7) is 0.929. The lowest BCUT2D eigenvalue weighted by atomic mass is 9.98. The molecule has 0 N–H and O–H groups in total. The van der Waals surface area contributed by atoms with E-state index >= 15 is 0 Å². The van der Waals surface area contributed by atoms with Crippen LogP contribution in [-0.2, 0) is 13.0 Å². The lowest BCUT2D eigenvalue weighted by Crippen LogP contribution is -2.33. The van der Waals surface area contributed by atoms with E-state index in [1.165, 1.54) is 5.56 Å². The molecule has 0 aromatic heterocycles. The molecule has 0 fully saturated rings. The summed E-state index contributed by atoms with van der Waals surface area (Å²) in [5.74, 6) is 0.180. The van der Waals surface area contributed by atoms with Gasteiger partial charge in [-0.1, -0.05) is 54.6 Å². The van der Waals surface area contributed by atoms with Gasteiger partial charge in [0.25, 0.3) is 0 Å². The van der Waals surface area contributed by atoms with E-state index in [-0.39, 0.29) is 5.78 Å². The standard InChI is InChI=1S/C18H22NO/c1-19(2,3)14-17-12-8-7-11-16(17)13-18(20)15-9-5-4-6-10-15/h4-12H,13-14H2,1-3H3/q+1. The lowest BCUT2D eigenvalue weighted by Gasteiger charge is -2.25. The van der Waals surface area contributed by atoms with Crippen molar-refractivity contribution in [3.63, 3.8) is 0 Å². The van der Waals surface area contributed by atoms with Gasteiger partial charge >= 0.3 is 0 Å². The summed E-state index contributed by atoms with van der Waals surface area (Å²) in [7, 11) is 6.49. The highest BCUT2D eigenvalue weighted by atomic mass is 16.1. The van der Waals surface area contributed by atoms with Crippen molar-refractivity contribution in [2.75, 3.05) is 21.1 Å². The van der Waals surface area contributed by atoms with Crippen molar-refractivity contribution < 1.29 is 9.28 Å². The second-order valence-corrected chi connectivity index (χ2v) is 6.18. The van der Waals surface area contributed by atoms with Gasteiger partial charge in [-0.3, -0.25) is 4.79 Å². The van der Waals surface area contributed by atoms with Gasteiger partial charge in [0, 0.05) is 17.5 Å². The number of carbonyl (C=O) groups excluding carboxylic acids is 1. The van der Waals surface area contributed by atoms with E-state index in [9.17, 15) is 4.79 Å². The molecule has 0 heterocycles. The van der Waals surface area contributed by atoms with Crippen LogP contribution >= 0.6 is 0 Å². The maximum Gasteiger partial charge on any atom is 0.167 e. The molecule has 0 atom stereocenters. The Hall–Kier alpha value is -1.93. The third-order valence-electron chi connectivity index (χ3n) is 3.21. The van der Waals surface area contributed by atoms with Crippen LogP contribution in [0.1, 0.15) is 21.5 Å². The minimum Gasteiger partial charge on any atom is -0.327 e. The number of hydrogen-bond acceptors (Lipinski definition) is 1. The van der Waals surface area contributed by atoms with E-state index in [1.807, 2.05) is 42.5 Å². The Balaban J connectivity index is 2.20. The van der Waals surface area contributed by atoms with E-state index < -0.39 is 0 Å². The van der Waals surface area contributed by atoms with Crippen molar-refractivity contribution in [2.45, 2.75) is 13.0 Å². The Morgan fingerprint density at radius 1 is 0.850 bits per heavy atom. The molecule has 2 nitrogen and oxygen atoms in total. The molecule has 0 unspecified atom stereocenters. The van der Waals surface area contributed by atoms with Crippen LogP contribution in [0.25, 0.3) is 0 Å². The summed E-state index contributed by atoms with van der Waals surface area (Å²) < 4.78 is 0.858. The van der Waals surface area contributed by atoms with Gasteiger partial charge in [0.1, 0.15) is 6.54 Å². The van der Waals surface area contributed by atoms with Gasteiger partial charge in [-0.15, -0.1) is 0 Å². The lowest BCUT2D eigenvalue weighted by molar-refractivity contribution is -0.884. The predicted octanol–water partition coefficient (Wildman–Crippen LogP) is 3.32. The van der Waals surface area contributed by atoms with Crippen molar-refractivity contribution in [1.29, 1.82) is 0 Å². The SMILES string of the molecule is C[N+](C)(C)Cc1ccccc1CC(=O)c1ccccc1. The highest BCUT2D eigenvalue weighted by Gasteiger charge is 2.14. The van der Waals surface area contributed by atoms with E-state index in [0.29, 0.717) is 6.42 Å². The normalized spacial score (nSPS) is 11.3. The smallest absolute Gasteiger partial charge is 0.167 e. The van der Waals surface area contributed by atoms with Crippen LogP contribution in [-0.4, -0.2) is 31.4 Å². The average Bonchev–Trinajstić information content (AvgIpc) is 2.40. The van der Waals surface area contributed by atoms with Crippen molar-refractivity contribution >= 4 is 5.78 Å². The fraction of sp³-hybridized carbons (Fsp3) is 0.278. The van der Waals surface area contributed by atoms with Crippen molar-refractivity contribution in [3.05, 3.63) is 71.3 Å². The average molecular weight is 268 g/mol. The first-order valence-corrected chi connectivity index (χ1v) is 6.91. The molecule has 20 heavy (non-hydrogen) atoms. The number of Topliss-reactive ketones (excluding diaryl/α,β-unsaturated/α-hetero) is 1. The minimum absolute atomic E-state index is 0.180. The number of hydrogen-bond donors (Lipinski definition) is 0. The molecule has 0 saturated carbocycles. The van der Waals surface area contributed by atoms with Crippen molar-refractivity contribution in [1.82, 2.24) is 0 Å². The summed E-state index contributed by atoms with van der Waals surface area (Å²) in [5.41, 5.74) is 3.17. The first-order chi connectivity index (χ1) is 9.46. The number of benzene rings is 2. The zero-order chi connectivity index (χ0) is 14.6. The van der Waals surface area contributed by atoms with Gasteiger partial charge in [0.05, 0.1) is 21.1 Å². The maximum absolute atomic E-state index is 12.3. The Labute approximate surface area is 121 Å². The molecular formula is C18H22NO+. The summed E-state index contributed by atoms with van der Waals surface area (Å²) in [6.07, 6.45) is 0.472. The van der Waals surface area contributed by atoms with Crippen molar-refractivity contribution in [3.8, 4) is 0 Å². The summed E-state index contributed by atoms with van der Waals surface area (Å²) >= 11 is 0. The second-order valence-electron chi connectivity index (χ2n) is 6.18. The number of quaternary nitrogens is 1. The van der Waals surface area contributed by atoms with Gasteiger partial charge in [-0.25, -0.2) is 0 Å². The van der Waals surface area contributed by atoms with Crippen LogP contribution in [0.4, 0.5) is 0 Å². The molecule has 0 aliphatic rings. The Morgan fingerprint density at radius 3 is 2.00 bits per heavy atom. The molecule has 2 rings (SSSR count). The third-order valence-corrected chi connectivity index (χ3v) is 3.21. The van der Waals surface area contributed by atoms with Gasteiger partial charge in [0.2, 0.25) is 0 Å². The highest BCUT2D eigenvalue weighted by Crippen LogP contribution is 2.16. The van der Waals surface area contributed by atoms with Crippen LogP contribution in [0.15, 0.2) is 54.6 Å². The van der Waals surface area contributed by atoms with Gasteiger partial charge in [-0.05, 0) is 5.56 Å². The Kier molecular flexibility index (Phi) is 4.35. The molecule has 104 valence electrons. The van der Waals surface area contributed by atoms with E-state index in [0.717, 1.165) is 22.2 Å². The number of carbonyl (C=O) groups is 1. The maximum atomic E-state index is 12.3. The molecule has 0 bridgehead atoms. The highest BCUT2D eigenvalue weighted by molar-refractivity contribution is 5.97. The molecular weight excluding hydrogens is 246 g/mol. The number of nitrogens with zero attached hydrogens (tertiary/aromatic N) is 1. The van der Waals surface area contributed by atoms with E-state index in [4.69, 9.17) is 0 Å². The largest absolute Gasteiger partial charge is 0.327 e. The first-order valence-electron chi connectivity index (χ1n) is 6.91. The zero-order valence-electron chi connectivity index (χ0n) is 12.5. The van der Waals surface area contributed by atoms with E-state index in [2.05, 4.69) is 33.3 Å². The molecule has 2 aromatic carbocycles. The minimum atomic E-state index is 0.180. The molecule has 0 aliphatic carbocycles. The van der Waals surface area contributed by atoms with E-state index in [1.54, 1.807) is 0 Å². The fourth-order valence-electron chi connectivity index (χ4n) is 2.29. The van der Waals surface area contributed by atoms with Crippen LogP contribution < -0.4 is 0 Å². The quantitative estimate of drug-likeness (QED) is 0.600. The van der Waals surface area contributed by atoms with Crippen LogP contribution in [0.3, 0.4) is 0 Å². The molecule has 2 heteroatoms. The topological polar surface area (TPSA) is 17.1 Å². The number of rotatable bonds is 5. The van der Waals surface area contributed by atoms with Crippen molar-refractivity contribution in [2.24, 2.45) is 0 Å². The Morgan fingerprint density at radius 2 is 1.40 bits per heavy atom. The number of ketones is 1. The summed E-state index contributed by atoms with van der Waals surface area (Å²) in [6, 6.07) is 17.7. The molecule has 0 aliphatic heterocycles. The van der Waals surface area contributed by atoms with Crippen LogP contribution in [0.2, 0.25) is 0 Å². The monoisotopic (exact) mass is 268 g/mol. The molecule has 0 radical (unpaired) electrons. The molecule has 0 spiro atoms. The Bertz CT molecular complexity index is 582. The molecule has 0 amide bonds. The van der Waals surface area contributed by atoms with Gasteiger partial charge in [0.15, 0.2) is 5.78 Å². The predicted molar refractivity (Wildman–Crippen MR) is 82.7 cm³/mol. The van der Waals surface area contributed by atoms with Crippen LogP contribution in [0, 0.1) is 0 Å². The fourth-order valence-corrected chi connectivity index (χ4v) is 2.29. The molecule has 0 saturated heterocycles. The molecule has 2 aromatic rings. The van der Waals surface area contributed by atoms with Gasteiger partial charge < -0.3 is 4.48 Å². The summed E-state index contributed by atoms with van der Waals surface area (Å²) in [5, 5.41) is 0. The van der Waals surface area contributed by atoms with Crippen LogP contribution in [0.5, 0.6) is 0 Å². The summed E-state index contributed by atoms with van der Waals surface area (Å²) in [4.78, 5) is 12.3. The van der Waals surface area contributed by atoms with Gasteiger partial charge in [-0.2, -0.15) is 0 Å². The first kappa shape index (κ1) is 14.5. The second kappa shape index (κ2) is 6.02. The zero-order valence-corrected chi connectivity index (χ0v) is 12.5.